The molecule has 2 aromatic rings. The van der Waals surface area contributed by atoms with Gasteiger partial charge < -0.3 is 15.4 Å². The monoisotopic (exact) mass is 451 g/mol. The molecule has 1 aromatic heterocycles. The van der Waals surface area contributed by atoms with Crippen LogP contribution in [0.4, 0.5) is 23.2 Å². The van der Waals surface area contributed by atoms with Crippen LogP contribution in [-0.4, -0.2) is 42.6 Å². The van der Waals surface area contributed by atoms with Crippen molar-refractivity contribution in [2.75, 3.05) is 25.0 Å². The van der Waals surface area contributed by atoms with Gasteiger partial charge in [0.05, 0.1) is 30.5 Å². The molecule has 5 nitrogen and oxygen atoms in total. The Morgan fingerprint density at radius 2 is 1.97 bits per heavy atom. The Bertz CT molecular complexity index is 970. The summed E-state index contributed by atoms with van der Waals surface area (Å²) in [6.45, 7) is 1.72. The van der Waals surface area contributed by atoms with E-state index in [1.54, 1.807) is 0 Å². The van der Waals surface area contributed by atoms with Crippen LogP contribution in [0.5, 0.6) is 0 Å². The van der Waals surface area contributed by atoms with Crippen LogP contribution in [0.25, 0.3) is 11.1 Å². The van der Waals surface area contributed by atoms with E-state index >= 15 is 0 Å². The second-order valence-corrected chi connectivity index (χ2v) is 8.32. The van der Waals surface area contributed by atoms with Gasteiger partial charge in [0.2, 0.25) is 11.8 Å². The predicted molar refractivity (Wildman–Crippen MR) is 112 cm³/mol. The predicted octanol–water partition coefficient (Wildman–Crippen LogP) is 4.64. The van der Waals surface area contributed by atoms with Gasteiger partial charge in [0.1, 0.15) is 11.6 Å². The smallest absolute Gasteiger partial charge is 0.248 e. The molecular weight excluding hydrogens is 426 g/mol. The molecule has 0 spiro atoms. The minimum atomic E-state index is -2.72. The van der Waals surface area contributed by atoms with E-state index in [0.717, 1.165) is 18.2 Å². The van der Waals surface area contributed by atoms with Crippen LogP contribution < -0.4 is 10.6 Å². The number of halogens is 4. The molecule has 2 N–H and O–H groups in total. The molecule has 1 aliphatic carbocycles. The maximum atomic E-state index is 14.6. The number of ether oxygens (including phenoxy) is 1. The maximum Gasteiger partial charge on any atom is 0.248 e. The molecule has 2 heterocycles. The first-order chi connectivity index (χ1) is 15.3. The largest absolute Gasteiger partial charge is 0.375 e. The first-order valence-corrected chi connectivity index (χ1v) is 10.8. The zero-order chi connectivity index (χ0) is 22.7. The van der Waals surface area contributed by atoms with Crippen LogP contribution in [0, 0.1) is 11.6 Å². The number of nitrogens with zero attached hydrogens (tertiary/aromatic N) is 1. The summed E-state index contributed by atoms with van der Waals surface area (Å²) in [5, 5.41) is 5.95. The van der Waals surface area contributed by atoms with Gasteiger partial charge in [-0.1, -0.05) is 0 Å². The van der Waals surface area contributed by atoms with E-state index in [-0.39, 0.29) is 66.8 Å². The quantitative estimate of drug-likeness (QED) is 0.651. The van der Waals surface area contributed by atoms with E-state index in [1.807, 2.05) is 0 Å². The molecule has 4 rings (SSSR count). The average molecular weight is 451 g/mol. The fourth-order valence-corrected chi connectivity index (χ4v) is 4.31. The zero-order valence-corrected chi connectivity index (χ0v) is 17.5. The summed E-state index contributed by atoms with van der Waals surface area (Å²) in [4.78, 5) is 17.2. The molecule has 1 atom stereocenters. The molecule has 9 heteroatoms. The van der Waals surface area contributed by atoms with E-state index in [2.05, 4.69) is 15.6 Å². The first-order valence-electron chi connectivity index (χ1n) is 10.8. The van der Waals surface area contributed by atoms with Crippen molar-refractivity contribution in [3.05, 3.63) is 47.8 Å². The third kappa shape index (κ3) is 5.27. The van der Waals surface area contributed by atoms with E-state index in [0.29, 0.717) is 25.4 Å². The number of rotatable bonds is 5. The number of alkyl halides is 2. The van der Waals surface area contributed by atoms with Gasteiger partial charge in [-0.05, 0) is 37.1 Å². The lowest BCUT2D eigenvalue weighted by Crippen LogP contribution is -2.40. The van der Waals surface area contributed by atoms with Crippen molar-refractivity contribution in [1.29, 1.82) is 0 Å². The number of carbonyl (C=O) groups excluding carboxylic acids is 1. The number of nitrogens with one attached hydrogen (secondary N) is 2. The second kappa shape index (κ2) is 9.54. The van der Waals surface area contributed by atoms with Crippen molar-refractivity contribution in [1.82, 2.24) is 10.3 Å². The lowest BCUT2D eigenvalue weighted by Gasteiger charge is -2.30. The van der Waals surface area contributed by atoms with Crippen molar-refractivity contribution in [3.8, 4) is 11.1 Å². The summed E-state index contributed by atoms with van der Waals surface area (Å²) in [7, 11) is 0. The molecular formula is C23H25F4N3O2. The van der Waals surface area contributed by atoms with Crippen molar-refractivity contribution >= 4 is 11.6 Å². The Morgan fingerprint density at radius 3 is 2.69 bits per heavy atom. The van der Waals surface area contributed by atoms with Crippen LogP contribution in [0.2, 0.25) is 0 Å². The van der Waals surface area contributed by atoms with Gasteiger partial charge in [0, 0.05) is 49.2 Å². The molecule has 32 heavy (non-hydrogen) atoms. The first kappa shape index (κ1) is 22.7. The summed E-state index contributed by atoms with van der Waals surface area (Å²) in [6.07, 6.45) is 0.994. The number of aromatic nitrogens is 1. The molecule has 172 valence electrons. The summed E-state index contributed by atoms with van der Waals surface area (Å²) in [5.74, 6) is -4.70. The lowest BCUT2D eigenvalue weighted by atomic mass is 9.83. The topological polar surface area (TPSA) is 63.2 Å². The molecule has 1 aliphatic heterocycles. The zero-order valence-electron chi connectivity index (χ0n) is 17.5. The molecule has 1 saturated heterocycles. The summed E-state index contributed by atoms with van der Waals surface area (Å²) < 4.78 is 61.5. The third-order valence-electron chi connectivity index (χ3n) is 5.98. The Labute approximate surface area is 183 Å². The van der Waals surface area contributed by atoms with E-state index in [1.165, 1.54) is 12.3 Å². The lowest BCUT2D eigenvalue weighted by molar-refractivity contribution is -0.119. The second-order valence-electron chi connectivity index (χ2n) is 8.32. The number of morpholine rings is 1. The number of amides is 1. The van der Waals surface area contributed by atoms with Crippen molar-refractivity contribution in [2.45, 2.75) is 50.0 Å². The van der Waals surface area contributed by atoms with Gasteiger partial charge in [-0.25, -0.2) is 17.6 Å². The van der Waals surface area contributed by atoms with Gasteiger partial charge in [-0.2, -0.15) is 0 Å². The van der Waals surface area contributed by atoms with Crippen LogP contribution in [0.1, 0.15) is 43.7 Å². The highest BCUT2D eigenvalue weighted by Gasteiger charge is 2.37. The molecule has 1 amide bonds. The Morgan fingerprint density at radius 1 is 1.19 bits per heavy atom. The van der Waals surface area contributed by atoms with E-state index in [4.69, 9.17) is 4.74 Å². The van der Waals surface area contributed by atoms with Gasteiger partial charge >= 0.3 is 0 Å². The van der Waals surface area contributed by atoms with E-state index < -0.39 is 17.6 Å². The van der Waals surface area contributed by atoms with Gasteiger partial charge in [-0.15, -0.1) is 0 Å². The molecule has 2 fully saturated rings. The molecule has 2 aliphatic rings. The molecule has 1 unspecified atom stereocenters. The maximum absolute atomic E-state index is 14.6. The third-order valence-corrected chi connectivity index (χ3v) is 5.98. The summed E-state index contributed by atoms with van der Waals surface area (Å²) in [5.41, 5.74) is 0.889. The SMILES string of the molecule is O=C(CC1CNCCO1)Nc1c(-c2cc(F)ccc2F)ccnc1C1CCC(F)(F)CC1. The normalized spacial score (nSPS) is 21.3. The molecule has 0 radical (unpaired) electrons. The van der Waals surface area contributed by atoms with Gasteiger partial charge in [0.25, 0.3) is 0 Å². The summed E-state index contributed by atoms with van der Waals surface area (Å²) in [6, 6.07) is 4.56. The van der Waals surface area contributed by atoms with Crippen LogP contribution in [0.3, 0.4) is 0 Å². The fourth-order valence-electron chi connectivity index (χ4n) is 4.31. The highest BCUT2D eigenvalue weighted by Crippen LogP contribution is 2.44. The molecule has 1 saturated carbocycles. The highest BCUT2D eigenvalue weighted by atomic mass is 19.3. The number of hydrogen-bond donors (Lipinski definition) is 2. The number of carbonyl (C=O) groups is 1. The average Bonchev–Trinajstić information content (AvgIpc) is 2.76. The number of hydrogen-bond acceptors (Lipinski definition) is 4. The van der Waals surface area contributed by atoms with Gasteiger partial charge in [-0.3, -0.25) is 9.78 Å². The minimum Gasteiger partial charge on any atom is -0.375 e. The minimum absolute atomic E-state index is 0.0272. The van der Waals surface area contributed by atoms with Crippen molar-refractivity contribution in [3.63, 3.8) is 0 Å². The van der Waals surface area contributed by atoms with Crippen molar-refractivity contribution in [2.24, 2.45) is 0 Å². The Kier molecular flexibility index (Phi) is 6.76. The fraction of sp³-hybridized carbons (Fsp3) is 0.478. The molecule has 0 bridgehead atoms. The van der Waals surface area contributed by atoms with Crippen LogP contribution >= 0.6 is 0 Å². The molecule has 1 aromatic carbocycles. The number of anilines is 1. The number of benzene rings is 1. The van der Waals surface area contributed by atoms with Crippen LogP contribution in [-0.2, 0) is 9.53 Å². The Hall–Kier alpha value is -2.52. The van der Waals surface area contributed by atoms with Crippen LogP contribution in [0.15, 0.2) is 30.5 Å². The standard InChI is InChI=1S/C23H25F4N3O2/c24-15-1-2-19(25)18(11-15)17-5-8-29-21(14-3-6-23(26,27)7-4-14)22(17)30-20(31)12-16-13-28-9-10-32-16/h1-2,5,8,11,14,16,28H,3-4,6-7,9-10,12-13H2,(H,30,31). The highest BCUT2D eigenvalue weighted by molar-refractivity contribution is 5.96. The Balaban J connectivity index is 1.68. The van der Waals surface area contributed by atoms with E-state index in [9.17, 15) is 22.4 Å². The summed E-state index contributed by atoms with van der Waals surface area (Å²) >= 11 is 0. The van der Waals surface area contributed by atoms with Gasteiger partial charge in [0.15, 0.2) is 0 Å². The number of pyridine rings is 1. The van der Waals surface area contributed by atoms with Crippen molar-refractivity contribution < 1.29 is 27.1 Å².